The van der Waals surface area contributed by atoms with Crippen molar-refractivity contribution in [1.82, 2.24) is 15.1 Å². The van der Waals surface area contributed by atoms with Crippen molar-refractivity contribution in [3.8, 4) is 0 Å². The topological polar surface area (TPSA) is 66.1 Å². The molecule has 296 valence electrons. The lowest BCUT2D eigenvalue weighted by Gasteiger charge is -2.30. The van der Waals surface area contributed by atoms with E-state index in [1.165, 1.54) is 86.7 Å². The standard InChI is InChI=1S/C18H25F2N.C14H27N3O.C9H12.C4H7N/c1-3-17-16(10-11-21(17)12-18(2,19)20)15-7-5-4-6-14(15)13-8-9-13;1-11(12(2)15-3)14(16-4)18-10-13-6-8-17(5)9-7-13;1-2-6-9-7-4-3-5-8-9;5-3-4-1-2-4/h4-7,13,16-17H,3,8-12H2,1-2H3;13,15H,6-10H2,1-5H3;3-5,7-8H,2,6H2,1H3;3H,1-2,5H2/b;12-11+,16-14?;;/t16-,17+;;;/m0.../s1. The first-order chi connectivity index (χ1) is 25.4. The van der Waals surface area contributed by atoms with E-state index in [2.05, 4.69) is 90.7 Å². The van der Waals surface area contributed by atoms with E-state index in [1.807, 2.05) is 25.8 Å². The molecular weight excluding hydrogens is 665 g/mol. The van der Waals surface area contributed by atoms with Gasteiger partial charge in [0, 0.05) is 44.2 Å². The van der Waals surface area contributed by atoms with E-state index in [0.29, 0.717) is 11.8 Å². The number of alkyl halides is 2. The largest absolute Gasteiger partial charge is 0.477 e. The quantitative estimate of drug-likeness (QED) is 0.178. The van der Waals surface area contributed by atoms with Crippen molar-refractivity contribution in [2.24, 2.45) is 16.6 Å². The number of halogens is 2. The van der Waals surface area contributed by atoms with Gasteiger partial charge in [-0.1, -0.05) is 80.4 Å². The van der Waals surface area contributed by atoms with Crippen molar-refractivity contribution in [3.05, 3.63) is 94.3 Å². The Labute approximate surface area is 321 Å². The van der Waals surface area contributed by atoms with Crippen LogP contribution in [0, 0.1) is 5.92 Å². The molecule has 0 amide bonds. The zero-order valence-electron chi connectivity index (χ0n) is 34.3. The number of hydrogen-bond donors (Lipinski definition) is 2. The molecule has 2 heterocycles. The third-order valence-corrected chi connectivity index (χ3v) is 10.9. The van der Waals surface area contributed by atoms with Crippen LogP contribution in [0.15, 0.2) is 82.6 Å². The van der Waals surface area contributed by atoms with Gasteiger partial charge < -0.3 is 20.7 Å². The zero-order valence-corrected chi connectivity index (χ0v) is 34.3. The Morgan fingerprint density at radius 3 is 2.06 bits per heavy atom. The van der Waals surface area contributed by atoms with Crippen LogP contribution < -0.4 is 11.1 Å². The summed E-state index contributed by atoms with van der Waals surface area (Å²) in [4.78, 5) is 8.63. The number of allylic oxidation sites excluding steroid dienone is 2. The van der Waals surface area contributed by atoms with Gasteiger partial charge >= 0.3 is 0 Å². The van der Waals surface area contributed by atoms with Crippen molar-refractivity contribution in [2.75, 3.05) is 53.9 Å². The molecule has 2 atom stereocenters. The third kappa shape index (κ3) is 16.0. The summed E-state index contributed by atoms with van der Waals surface area (Å²) in [6.07, 6.45) is 13.6. The highest BCUT2D eigenvalue weighted by atomic mass is 19.3. The van der Waals surface area contributed by atoms with Crippen LogP contribution in [0.4, 0.5) is 8.78 Å². The number of ether oxygens (including phenoxy) is 1. The highest BCUT2D eigenvalue weighted by molar-refractivity contribution is 5.93. The molecule has 6 rings (SSSR count). The molecule has 4 fully saturated rings. The lowest BCUT2D eigenvalue weighted by molar-refractivity contribution is -0.0188. The molecule has 3 N–H and O–H groups in total. The van der Waals surface area contributed by atoms with E-state index in [9.17, 15) is 8.78 Å². The number of nitrogens with two attached hydrogens (primary N) is 1. The van der Waals surface area contributed by atoms with Crippen molar-refractivity contribution in [1.29, 1.82) is 0 Å². The molecule has 0 aromatic heterocycles. The lowest BCUT2D eigenvalue weighted by atomic mass is 9.86. The first kappa shape index (κ1) is 44.2. The maximum atomic E-state index is 13.4. The Kier molecular flexibility index (Phi) is 19.1. The van der Waals surface area contributed by atoms with Gasteiger partial charge in [-0.2, -0.15) is 0 Å². The van der Waals surface area contributed by atoms with Gasteiger partial charge in [-0.25, -0.2) is 8.78 Å². The van der Waals surface area contributed by atoms with Gasteiger partial charge in [0.05, 0.1) is 13.2 Å². The summed E-state index contributed by atoms with van der Waals surface area (Å²) >= 11 is 0. The van der Waals surface area contributed by atoms with Crippen LogP contribution in [-0.2, 0) is 11.2 Å². The Bertz CT molecular complexity index is 1420. The van der Waals surface area contributed by atoms with Crippen molar-refractivity contribution in [2.45, 2.75) is 123 Å². The number of rotatable bonds is 11. The number of aryl methyl sites for hydroxylation is 1. The predicted molar refractivity (Wildman–Crippen MR) is 221 cm³/mol. The van der Waals surface area contributed by atoms with Crippen LogP contribution in [-0.4, -0.2) is 81.6 Å². The molecule has 8 heteroatoms. The second-order valence-electron chi connectivity index (χ2n) is 15.5. The maximum absolute atomic E-state index is 13.4. The summed E-state index contributed by atoms with van der Waals surface area (Å²) in [6, 6.07) is 19.5. The number of benzene rings is 2. The molecule has 53 heavy (non-hydrogen) atoms. The van der Waals surface area contributed by atoms with Crippen LogP contribution >= 0.6 is 0 Å². The molecule has 0 radical (unpaired) electrons. The van der Waals surface area contributed by atoms with E-state index in [4.69, 9.17) is 10.5 Å². The van der Waals surface area contributed by atoms with E-state index in [0.717, 1.165) is 56.0 Å². The average molecular weight is 736 g/mol. The van der Waals surface area contributed by atoms with Crippen LogP contribution in [0.3, 0.4) is 0 Å². The number of nitrogens with one attached hydrogen (secondary N) is 1. The summed E-state index contributed by atoms with van der Waals surface area (Å²) in [5, 5.41) is 3.14. The van der Waals surface area contributed by atoms with Crippen molar-refractivity contribution < 1.29 is 13.5 Å². The van der Waals surface area contributed by atoms with E-state index in [1.54, 1.807) is 13.2 Å². The fraction of sp³-hybridized carbons (Fsp3) is 0.622. The molecule has 2 aliphatic heterocycles. The predicted octanol–water partition coefficient (Wildman–Crippen LogP) is 9.94. The van der Waals surface area contributed by atoms with Gasteiger partial charge in [0.25, 0.3) is 5.92 Å². The highest BCUT2D eigenvalue weighted by Gasteiger charge is 2.40. The van der Waals surface area contributed by atoms with Crippen LogP contribution in [0.5, 0.6) is 0 Å². The normalized spacial score (nSPS) is 21.2. The molecule has 6 nitrogen and oxygen atoms in total. The van der Waals surface area contributed by atoms with E-state index in [-0.39, 0.29) is 12.6 Å². The van der Waals surface area contributed by atoms with Gasteiger partial charge in [0.15, 0.2) is 0 Å². The number of aliphatic imine (C=N–C) groups is 1. The minimum absolute atomic E-state index is 0.104. The molecule has 4 aliphatic rings. The first-order valence-electron chi connectivity index (χ1n) is 20.2. The van der Waals surface area contributed by atoms with Crippen molar-refractivity contribution >= 4 is 5.90 Å². The zero-order chi connectivity index (χ0) is 38.8. The summed E-state index contributed by atoms with van der Waals surface area (Å²) in [7, 11) is 5.89. The molecular formula is C45H71F2N5O. The number of likely N-dealkylation sites (tertiary alicyclic amines) is 2. The van der Waals surface area contributed by atoms with Gasteiger partial charge in [-0.3, -0.25) is 9.89 Å². The summed E-state index contributed by atoms with van der Waals surface area (Å²) in [5.41, 5.74) is 13.0. The van der Waals surface area contributed by atoms with Crippen LogP contribution in [0.2, 0.25) is 0 Å². The molecule has 2 aliphatic carbocycles. The second-order valence-corrected chi connectivity index (χ2v) is 15.5. The van der Waals surface area contributed by atoms with E-state index < -0.39 is 5.92 Å². The highest BCUT2D eigenvalue weighted by Crippen LogP contribution is 2.46. The van der Waals surface area contributed by atoms with E-state index >= 15 is 0 Å². The molecule has 2 saturated carbocycles. The monoisotopic (exact) mass is 736 g/mol. The minimum atomic E-state index is -2.60. The van der Waals surface area contributed by atoms with Gasteiger partial charge in [0.1, 0.15) is 0 Å². The minimum Gasteiger partial charge on any atom is -0.477 e. The smallest absolute Gasteiger partial charge is 0.257 e. The number of hydrogen-bond acceptors (Lipinski definition) is 6. The SMILES string of the molecule is CCCc1ccccc1.CC[C@@H]1[C@H](c2ccccc2C2CC2)CCN1CC(C)(F)F.CN=C(OCC1CCN(C)CC1)/C(C)=C(\C)NC.NC=C1CC1. The first-order valence-corrected chi connectivity index (χ1v) is 20.2. The fourth-order valence-corrected chi connectivity index (χ4v) is 7.28. The molecule has 0 spiro atoms. The summed E-state index contributed by atoms with van der Waals surface area (Å²) in [5.74, 6) is -0.0193. The number of piperidine rings is 1. The molecule has 0 unspecified atom stereocenters. The maximum Gasteiger partial charge on any atom is 0.257 e. The fourth-order valence-electron chi connectivity index (χ4n) is 7.28. The van der Waals surface area contributed by atoms with Crippen LogP contribution in [0.1, 0.15) is 121 Å². The Morgan fingerprint density at radius 1 is 0.943 bits per heavy atom. The lowest BCUT2D eigenvalue weighted by Crippen LogP contribution is -2.39. The second kappa shape index (κ2) is 22.9. The van der Waals surface area contributed by atoms with Crippen LogP contribution in [0.25, 0.3) is 0 Å². The van der Waals surface area contributed by atoms with Gasteiger partial charge in [0.2, 0.25) is 5.90 Å². The summed E-state index contributed by atoms with van der Waals surface area (Å²) in [6.45, 7) is 13.3. The average Bonchev–Trinajstić information content (AvgIpc) is 4.11. The molecule has 0 bridgehead atoms. The Morgan fingerprint density at radius 2 is 1.57 bits per heavy atom. The van der Waals surface area contributed by atoms with Gasteiger partial charge in [-0.05, 0) is 133 Å². The third-order valence-electron chi connectivity index (χ3n) is 10.9. The summed E-state index contributed by atoms with van der Waals surface area (Å²) < 4.78 is 32.7. The number of nitrogens with zero attached hydrogens (tertiary/aromatic N) is 3. The molecule has 2 aromatic carbocycles. The molecule has 2 aromatic rings. The Balaban J connectivity index is 0.000000212. The van der Waals surface area contributed by atoms with Gasteiger partial charge in [-0.15, -0.1) is 0 Å². The Hall–Kier alpha value is -3.23. The van der Waals surface area contributed by atoms with Crippen molar-refractivity contribution in [3.63, 3.8) is 0 Å². The molecule has 2 saturated heterocycles.